The molecule has 2 atom stereocenters. The third-order valence-electron chi connectivity index (χ3n) is 4.60. The maximum atomic E-state index is 12.3. The van der Waals surface area contributed by atoms with E-state index in [0.29, 0.717) is 13.2 Å². The molecule has 1 heterocycles. The van der Waals surface area contributed by atoms with Gasteiger partial charge in [-0.1, -0.05) is 38.5 Å². The predicted octanol–water partition coefficient (Wildman–Crippen LogP) is 3.05. The molecule has 1 aliphatic carbocycles. The van der Waals surface area contributed by atoms with Gasteiger partial charge >= 0.3 is 0 Å². The highest BCUT2D eigenvalue weighted by molar-refractivity contribution is 5.79. The summed E-state index contributed by atoms with van der Waals surface area (Å²) in [5, 5.41) is 3.02. The van der Waals surface area contributed by atoms with Crippen LogP contribution >= 0.6 is 0 Å². The lowest BCUT2D eigenvalue weighted by Crippen LogP contribution is -2.41. The number of fused-ring (bicyclic) bond motifs is 1. The van der Waals surface area contributed by atoms with E-state index in [-0.39, 0.29) is 17.9 Å². The van der Waals surface area contributed by atoms with Crippen LogP contribution in [0.2, 0.25) is 0 Å². The molecule has 0 spiro atoms. The monoisotopic (exact) mass is 297 g/mol. The molecule has 1 unspecified atom stereocenters. The first kappa shape index (κ1) is 16.8. The Morgan fingerprint density at radius 3 is 2.38 bits per heavy atom. The molecule has 0 aromatic carbocycles. The summed E-state index contributed by atoms with van der Waals surface area (Å²) in [4.78, 5) is 12.3. The van der Waals surface area contributed by atoms with Crippen molar-refractivity contribution >= 4 is 5.91 Å². The number of ether oxygens (including phenoxy) is 2. The van der Waals surface area contributed by atoms with Gasteiger partial charge in [-0.15, -0.1) is 0 Å². The van der Waals surface area contributed by atoms with Crippen molar-refractivity contribution in [1.82, 2.24) is 5.32 Å². The SMILES string of the molecule is O=C1NCCOCCCCCCCCO[C@H]2CCCCC12. The lowest BCUT2D eigenvalue weighted by Gasteiger charge is -2.30. The zero-order valence-corrected chi connectivity index (χ0v) is 13.3. The molecule has 21 heavy (non-hydrogen) atoms. The second-order valence-corrected chi connectivity index (χ2v) is 6.32. The van der Waals surface area contributed by atoms with Gasteiger partial charge in [-0.25, -0.2) is 0 Å². The molecule has 2 fully saturated rings. The average Bonchev–Trinajstić information content (AvgIpc) is 2.51. The van der Waals surface area contributed by atoms with Gasteiger partial charge in [-0.2, -0.15) is 0 Å². The summed E-state index contributed by atoms with van der Waals surface area (Å²) < 4.78 is 11.6. The van der Waals surface area contributed by atoms with Crippen molar-refractivity contribution in [1.29, 1.82) is 0 Å². The van der Waals surface area contributed by atoms with Crippen molar-refractivity contribution < 1.29 is 14.3 Å². The van der Waals surface area contributed by atoms with Gasteiger partial charge in [0.25, 0.3) is 0 Å². The second kappa shape index (κ2) is 10.2. The molecular weight excluding hydrogens is 266 g/mol. The van der Waals surface area contributed by atoms with E-state index in [1.165, 1.54) is 32.1 Å². The fourth-order valence-corrected chi connectivity index (χ4v) is 3.32. The van der Waals surface area contributed by atoms with Gasteiger partial charge in [-0.05, 0) is 25.7 Å². The van der Waals surface area contributed by atoms with Gasteiger partial charge in [0.15, 0.2) is 0 Å². The number of carbonyl (C=O) groups is 1. The molecule has 122 valence electrons. The molecule has 0 bridgehead atoms. The molecule has 1 amide bonds. The molecule has 4 heteroatoms. The van der Waals surface area contributed by atoms with Crippen molar-refractivity contribution in [3.63, 3.8) is 0 Å². The zero-order chi connectivity index (χ0) is 14.8. The van der Waals surface area contributed by atoms with Crippen molar-refractivity contribution in [2.45, 2.75) is 70.3 Å². The Labute approximate surface area is 129 Å². The summed E-state index contributed by atoms with van der Waals surface area (Å²) in [6.45, 7) is 2.90. The number of nitrogens with one attached hydrogen (secondary N) is 1. The highest BCUT2D eigenvalue weighted by Gasteiger charge is 2.31. The summed E-state index contributed by atoms with van der Waals surface area (Å²) in [5.74, 6) is 0.210. The first-order valence-electron chi connectivity index (χ1n) is 8.85. The number of hydrogen-bond donors (Lipinski definition) is 1. The van der Waals surface area contributed by atoms with Crippen molar-refractivity contribution in [2.24, 2.45) is 5.92 Å². The van der Waals surface area contributed by atoms with E-state index in [4.69, 9.17) is 9.47 Å². The third kappa shape index (κ3) is 6.35. The summed E-state index contributed by atoms with van der Waals surface area (Å²) in [6, 6.07) is 0. The van der Waals surface area contributed by atoms with Crippen LogP contribution < -0.4 is 5.32 Å². The predicted molar refractivity (Wildman–Crippen MR) is 83.2 cm³/mol. The molecule has 0 radical (unpaired) electrons. The van der Waals surface area contributed by atoms with Crippen molar-refractivity contribution in [3.05, 3.63) is 0 Å². The fourth-order valence-electron chi connectivity index (χ4n) is 3.32. The van der Waals surface area contributed by atoms with E-state index in [1.807, 2.05) is 0 Å². The molecule has 1 saturated heterocycles. The van der Waals surface area contributed by atoms with Crippen LogP contribution in [0.3, 0.4) is 0 Å². The Morgan fingerprint density at radius 1 is 0.810 bits per heavy atom. The quantitative estimate of drug-likeness (QED) is 0.747. The van der Waals surface area contributed by atoms with Crippen LogP contribution in [-0.2, 0) is 14.3 Å². The van der Waals surface area contributed by atoms with Crippen LogP contribution in [0.15, 0.2) is 0 Å². The summed E-state index contributed by atoms with van der Waals surface area (Å²) >= 11 is 0. The first-order valence-corrected chi connectivity index (χ1v) is 8.85. The van der Waals surface area contributed by atoms with E-state index in [0.717, 1.165) is 45.3 Å². The molecule has 1 N–H and O–H groups in total. The Morgan fingerprint density at radius 2 is 1.52 bits per heavy atom. The van der Waals surface area contributed by atoms with Crippen LogP contribution in [0.25, 0.3) is 0 Å². The average molecular weight is 297 g/mol. The number of amides is 1. The zero-order valence-electron chi connectivity index (χ0n) is 13.3. The largest absolute Gasteiger partial charge is 0.380 e. The minimum atomic E-state index is 0.0478. The van der Waals surface area contributed by atoms with Crippen LogP contribution in [0.1, 0.15) is 64.2 Å². The fraction of sp³-hybridized carbons (Fsp3) is 0.941. The van der Waals surface area contributed by atoms with Gasteiger partial charge in [-0.3, -0.25) is 4.79 Å². The molecule has 1 saturated carbocycles. The van der Waals surface area contributed by atoms with Crippen LogP contribution in [-0.4, -0.2) is 38.4 Å². The minimum absolute atomic E-state index is 0.0478. The lowest BCUT2D eigenvalue weighted by atomic mass is 9.85. The Kier molecular flexibility index (Phi) is 8.12. The molecule has 2 rings (SSSR count). The summed E-state index contributed by atoms with van der Waals surface area (Å²) in [5.41, 5.74) is 0. The molecule has 4 nitrogen and oxygen atoms in total. The van der Waals surface area contributed by atoms with Crippen molar-refractivity contribution in [3.8, 4) is 0 Å². The Balaban J connectivity index is 1.81. The molecule has 2 aliphatic rings. The first-order chi connectivity index (χ1) is 10.4. The summed E-state index contributed by atoms with van der Waals surface area (Å²) in [6.07, 6.45) is 11.8. The maximum absolute atomic E-state index is 12.3. The number of carbonyl (C=O) groups excluding carboxylic acids is 1. The van der Waals surface area contributed by atoms with E-state index in [9.17, 15) is 4.79 Å². The standard InChI is InChI=1S/C17H31NO3/c19-17-15-9-5-6-10-16(15)21-13-8-4-2-1-3-7-12-20-14-11-18-17/h15-16H,1-14H2,(H,18,19)/t15?,16-/m0/s1. The third-order valence-corrected chi connectivity index (χ3v) is 4.60. The molecule has 0 aromatic rings. The smallest absolute Gasteiger partial charge is 0.225 e. The van der Waals surface area contributed by atoms with E-state index in [1.54, 1.807) is 0 Å². The normalized spacial score (nSPS) is 31.1. The van der Waals surface area contributed by atoms with Gasteiger partial charge in [0.05, 0.1) is 18.6 Å². The van der Waals surface area contributed by atoms with E-state index >= 15 is 0 Å². The number of rotatable bonds is 0. The molecular formula is C17H31NO3. The second-order valence-electron chi connectivity index (χ2n) is 6.32. The van der Waals surface area contributed by atoms with Gasteiger partial charge in [0.2, 0.25) is 5.91 Å². The highest BCUT2D eigenvalue weighted by atomic mass is 16.5. The van der Waals surface area contributed by atoms with Crippen LogP contribution in [0.4, 0.5) is 0 Å². The van der Waals surface area contributed by atoms with Gasteiger partial charge < -0.3 is 14.8 Å². The Hall–Kier alpha value is -0.610. The Bertz CT molecular complexity index is 296. The van der Waals surface area contributed by atoms with Crippen molar-refractivity contribution in [2.75, 3.05) is 26.4 Å². The topological polar surface area (TPSA) is 47.6 Å². The van der Waals surface area contributed by atoms with Gasteiger partial charge in [0, 0.05) is 19.8 Å². The summed E-state index contributed by atoms with van der Waals surface area (Å²) in [7, 11) is 0. The highest BCUT2D eigenvalue weighted by Crippen LogP contribution is 2.27. The lowest BCUT2D eigenvalue weighted by molar-refractivity contribution is -0.132. The number of hydrogen-bond acceptors (Lipinski definition) is 3. The van der Waals surface area contributed by atoms with Crippen LogP contribution in [0, 0.1) is 5.92 Å². The molecule has 0 aromatic heterocycles. The van der Waals surface area contributed by atoms with Gasteiger partial charge in [0.1, 0.15) is 0 Å². The van der Waals surface area contributed by atoms with E-state index < -0.39 is 0 Å². The van der Waals surface area contributed by atoms with E-state index in [2.05, 4.69) is 5.32 Å². The molecule has 1 aliphatic heterocycles. The van der Waals surface area contributed by atoms with Crippen LogP contribution in [0.5, 0.6) is 0 Å². The maximum Gasteiger partial charge on any atom is 0.225 e. The minimum Gasteiger partial charge on any atom is -0.380 e.